The van der Waals surface area contributed by atoms with Crippen molar-refractivity contribution in [3.8, 4) is 6.07 Å². The normalized spacial score (nSPS) is 27.0. The summed E-state index contributed by atoms with van der Waals surface area (Å²) in [6, 6.07) is 6.89. The van der Waals surface area contributed by atoms with E-state index in [1.165, 1.54) is 0 Å². The van der Waals surface area contributed by atoms with E-state index in [1.54, 1.807) is 29.4 Å². The van der Waals surface area contributed by atoms with Gasteiger partial charge in [-0.3, -0.25) is 14.6 Å². The van der Waals surface area contributed by atoms with Gasteiger partial charge >= 0.3 is 0 Å². The van der Waals surface area contributed by atoms with Crippen molar-refractivity contribution in [1.82, 2.24) is 19.8 Å². The number of pyridine rings is 2. The molecule has 3 fully saturated rings. The fraction of sp³-hybridized carbons (Fsp3) is 0.542. The first-order valence-electron chi connectivity index (χ1n) is 11.4. The Morgan fingerprint density at radius 3 is 2.78 bits per heavy atom. The van der Waals surface area contributed by atoms with E-state index in [-0.39, 0.29) is 29.3 Å². The van der Waals surface area contributed by atoms with Gasteiger partial charge in [0.25, 0.3) is 5.91 Å². The molecule has 3 aliphatic rings. The average molecular weight is 433 g/mol. The molecule has 1 saturated carbocycles. The van der Waals surface area contributed by atoms with Crippen molar-refractivity contribution >= 4 is 22.7 Å². The third-order valence-electron chi connectivity index (χ3n) is 7.89. The lowest BCUT2D eigenvalue weighted by atomic mass is 9.70. The highest BCUT2D eigenvalue weighted by Crippen LogP contribution is 2.49. The number of hydrogen-bond donors (Lipinski definition) is 1. The highest BCUT2D eigenvalue weighted by Gasteiger charge is 2.56. The van der Waals surface area contributed by atoms with Gasteiger partial charge in [-0.1, -0.05) is 6.92 Å². The van der Waals surface area contributed by atoms with Crippen LogP contribution in [0.4, 0.5) is 0 Å². The van der Waals surface area contributed by atoms with Crippen molar-refractivity contribution in [2.75, 3.05) is 13.1 Å². The SMILES string of the molecule is CCC1([C@H](N)C(=O)N2[C@H](C#N)C[C@@H]3C[C@@H]32)CCN(C(=O)c2ccc3cnccc3n2)CC1. The molecule has 166 valence electrons. The minimum absolute atomic E-state index is 0.0898. The van der Waals surface area contributed by atoms with Crippen LogP contribution in [0.3, 0.4) is 0 Å². The molecular formula is C24H28N6O2. The lowest BCUT2D eigenvalue weighted by Gasteiger charge is -2.45. The van der Waals surface area contributed by atoms with Crippen LogP contribution >= 0.6 is 0 Å². The first-order chi connectivity index (χ1) is 15.5. The smallest absolute Gasteiger partial charge is 0.272 e. The highest BCUT2D eigenvalue weighted by atomic mass is 16.2. The molecule has 0 bridgehead atoms. The van der Waals surface area contributed by atoms with Crippen LogP contribution in [0.2, 0.25) is 0 Å². The number of nitriles is 1. The Labute approximate surface area is 187 Å². The molecule has 5 rings (SSSR count). The Bertz CT molecular complexity index is 1100. The number of nitrogens with two attached hydrogens (primary N) is 1. The third kappa shape index (κ3) is 3.32. The van der Waals surface area contributed by atoms with Gasteiger partial charge in [-0.2, -0.15) is 5.26 Å². The first-order valence-corrected chi connectivity index (χ1v) is 11.4. The Morgan fingerprint density at radius 1 is 1.28 bits per heavy atom. The summed E-state index contributed by atoms with van der Waals surface area (Å²) in [5.74, 6) is 0.282. The molecule has 2 aromatic heterocycles. The number of carbonyl (C=O) groups excluding carboxylic acids is 2. The monoisotopic (exact) mass is 432 g/mol. The summed E-state index contributed by atoms with van der Waals surface area (Å²) in [4.78, 5) is 38.6. The average Bonchev–Trinajstić information content (AvgIpc) is 3.51. The molecule has 0 unspecified atom stereocenters. The molecule has 1 aliphatic carbocycles. The first kappa shape index (κ1) is 20.8. The van der Waals surface area contributed by atoms with Crippen LogP contribution < -0.4 is 5.73 Å². The number of amides is 2. The van der Waals surface area contributed by atoms with Crippen LogP contribution in [0.15, 0.2) is 30.6 Å². The molecule has 2 amide bonds. The van der Waals surface area contributed by atoms with Crippen molar-refractivity contribution in [2.45, 2.75) is 57.2 Å². The third-order valence-corrected chi connectivity index (χ3v) is 7.89. The number of carbonyl (C=O) groups is 2. The Balaban J connectivity index is 1.28. The van der Waals surface area contributed by atoms with E-state index >= 15 is 0 Å². The number of aromatic nitrogens is 2. The zero-order valence-corrected chi connectivity index (χ0v) is 18.3. The van der Waals surface area contributed by atoms with Crippen molar-refractivity contribution < 1.29 is 9.59 Å². The van der Waals surface area contributed by atoms with Gasteiger partial charge in [-0.25, -0.2) is 4.98 Å². The molecule has 0 aromatic carbocycles. The van der Waals surface area contributed by atoms with E-state index < -0.39 is 6.04 Å². The van der Waals surface area contributed by atoms with Gasteiger partial charge in [0.2, 0.25) is 5.91 Å². The van der Waals surface area contributed by atoms with E-state index in [4.69, 9.17) is 5.73 Å². The quantitative estimate of drug-likeness (QED) is 0.791. The number of likely N-dealkylation sites (tertiary alicyclic amines) is 2. The zero-order chi connectivity index (χ0) is 22.5. The van der Waals surface area contributed by atoms with Gasteiger partial charge in [-0.05, 0) is 61.6 Å². The van der Waals surface area contributed by atoms with Crippen molar-refractivity contribution in [3.63, 3.8) is 0 Å². The second-order valence-corrected chi connectivity index (χ2v) is 9.44. The fourth-order valence-corrected chi connectivity index (χ4v) is 5.60. The lowest BCUT2D eigenvalue weighted by Crippen LogP contribution is -2.58. The summed E-state index contributed by atoms with van der Waals surface area (Å²) in [5.41, 5.74) is 7.39. The van der Waals surface area contributed by atoms with Gasteiger partial charge in [0.15, 0.2) is 0 Å². The van der Waals surface area contributed by atoms with Gasteiger partial charge in [0.05, 0.1) is 17.6 Å². The number of nitrogens with zero attached hydrogens (tertiary/aromatic N) is 5. The number of hydrogen-bond acceptors (Lipinski definition) is 6. The van der Waals surface area contributed by atoms with Crippen molar-refractivity contribution in [3.05, 3.63) is 36.3 Å². The van der Waals surface area contributed by atoms with Gasteiger partial charge < -0.3 is 15.5 Å². The molecule has 4 atom stereocenters. The molecule has 4 heterocycles. The molecule has 8 nitrogen and oxygen atoms in total. The molecule has 0 radical (unpaired) electrons. The fourth-order valence-electron chi connectivity index (χ4n) is 5.60. The van der Waals surface area contributed by atoms with Crippen LogP contribution in [-0.2, 0) is 4.79 Å². The second kappa shape index (κ2) is 7.82. The molecule has 2 N–H and O–H groups in total. The van der Waals surface area contributed by atoms with Crippen LogP contribution in [0.5, 0.6) is 0 Å². The molecule has 2 saturated heterocycles. The highest BCUT2D eigenvalue weighted by molar-refractivity contribution is 5.95. The Kier molecular flexibility index (Phi) is 5.09. The van der Waals surface area contributed by atoms with E-state index in [1.807, 2.05) is 11.0 Å². The molecule has 0 spiro atoms. The lowest BCUT2D eigenvalue weighted by molar-refractivity contribution is -0.138. The molecular weight excluding hydrogens is 404 g/mol. The Hall–Kier alpha value is -3.05. The van der Waals surface area contributed by atoms with Crippen LogP contribution in [-0.4, -0.2) is 62.8 Å². The molecule has 2 aromatic rings. The minimum atomic E-state index is -0.647. The topological polar surface area (TPSA) is 116 Å². The number of rotatable bonds is 4. The summed E-state index contributed by atoms with van der Waals surface area (Å²) < 4.78 is 0. The van der Waals surface area contributed by atoms with Crippen LogP contribution in [0, 0.1) is 22.7 Å². The number of fused-ring (bicyclic) bond motifs is 2. The maximum Gasteiger partial charge on any atom is 0.272 e. The zero-order valence-electron chi connectivity index (χ0n) is 18.3. The predicted molar refractivity (Wildman–Crippen MR) is 118 cm³/mol. The maximum atomic E-state index is 13.3. The summed E-state index contributed by atoms with van der Waals surface area (Å²) in [6.07, 6.45) is 7.26. The summed E-state index contributed by atoms with van der Waals surface area (Å²) >= 11 is 0. The maximum absolute atomic E-state index is 13.3. The van der Waals surface area contributed by atoms with Crippen LogP contribution in [0.25, 0.3) is 10.9 Å². The number of piperidine rings is 2. The minimum Gasteiger partial charge on any atom is -0.337 e. The standard InChI is InChI=1S/C24H28N6O2/c1-2-24(21(26)23(32)30-17(13-25)11-16-12-20(16)30)6-9-29(10-7-24)22(31)19-4-3-15-14-27-8-5-18(15)28-19/h3-5,8,14,16-17,20-21H,2,6-7,9-12,26H2,1H3/t16-,17+,20+,21-/m1/s1. The van der Waals surface area contributed by atoms with Gasteiger partial charge in [0, 0.05) is 36.9 Å². The summed E-state index contributed by atoms with van der Waals surface area (Å²) in [6.45, 7) is 3.14. The van der Waals surface area contributed by atoms with Gasteiger partial charge in [-0.15, -0.1) is 0 Å². The summed E-state index contributed by atoms with van der Waals surface area (Å²) in [7, 11) is 0. The van der Waals surface area contributed by atoms with E-state index in [0.29, 0.717) is 37.5 Å². The molecule has 8 heteroatoms. The largest absolute Gasteiger partial charge is 0.337 e. The van der Waals surface area contributed by atoms with E-state index in [9.17, 15) is 14.9 Å². The second-order valence-electron chi connectivity index (χ2n) is 9.44. The summed E-state index contributed by atoms with van der Waals surface area (Å²) in [5, 5.41) is 10.4. The van der Waals surface area contributed by atoms with E-state index in [2.05, 4.69) is 23.0 Å². The Morgan fingerprint density at radius 2 is 2.06 bits per heavy atom. The molecule has 2 aliphatic heterocycles. The van der Waals surface area contributed by atoms with Crippen molar-refractivity contribution in [2.24, 2.45) is 17.1 Å². The van der Waals surface area contributed by atoms with Crippen LogP contribution in [0.1, 0.15) is 49.5 Å². The predicted octanol–water partition coefficient (Wildman–Crippen LogP) is 2.10. The molecule has 32 heavy (non-hydrogen) atoms. The van der Waals surface area contributed by atoms with E-state index in [0.717, 1.165) is 30.2 Å². The van der Waals surface area contributed by atoms with Crippen molar-refractivity contribution in [1.29, 1.82) is 5.26 Å². The van der Waals surface area contributed by atoms with Gasteiger partial charge in [0.1, 0.15) is 11.7 Å².